The number of carbonyl (C=O) groups is 2. The predicted molar refractivity (Wildman–Crippen MR) is 112 cm³/mol. The van der Waals surface area contributed by atoms with Crippen molar-refractivity contribution in [3.63, 3.8) is 0 Å². The molecule has 0 bridgehead atoms. The molecule has 6 heteroatoms. The Morgan fingerprint density at radius 2 is 1.72 bits per heavy atom. The number of hydrogen-bond donors (Lipinski definition) is 1. The summed E-state index contributed by atoms with van der Waals surface area (Å²) in [5.74, 6) is -0.625. The third-order valence-electron chi connectivity index (χ3n) is 4.24. The van der Waals surface area contributed by atoms with E-state index in [1.54, 1.807) is 54.6 Å². The van der Waals surface area contributed by atoms with E-state index in [0.29, 0.717) is 22.0 Å². The number of aryl methyl sites for hydroxylation is 1. The quantitative estimate of drug-likeness (QED) is 0.569. The van der Waals surface area contributed by atoms with Crippen LogP contribution >= 0.6 is 11.6 Å². The predicted octanol–water partition coefficient (Wildman–Crippen LogP) is 5.19. The van der Waals surface area contributed by atoms with Crippen molar-refractivity contribution in [2.45, 2.75) is 13.0 Å². The molecule has 1 atom stereocenters. The highest BCUT2D eigenvalue weighted by Crippen LogP contribution is 2.28. The van der Waals surface area contributed by atoms with E-state index in [-0.39, 0.29) is 5.56 Å². The van der Waals surface area contributed by atoms with Crippen molar-refractivity contribution >= 4 is 29.2 Å². The molecule has 3 aromatic rings. The molecule has 1 amide bonds. The van der Waals surface area contributed by atoms with Gasteiger partial charge in [0, 0.05) is 10.6 Å². The molecule has 0 aromatic heterocycles. The molecule has 0 heterocycles. The SMILES string of the molecule is COc1ccc(C)cc1NC(=O)C(OC(=O)c1cccc(Cl)c1)c1ccccc1. The van der Waals surface area contributed by atoms with Crippen LogP contribution in [0.25, 0.3) is 0 Å². The maximum absolute atomic E-state index is 13.1. The second-order valence-corrected chi connectivity index (χ2v) is 6.84. The number of rotatable bonds is 6. The average molecular weight is 410 g/mol. The summed E-state index contributed by atoms with van der Waals surface area (Å²) in [6, 6.07) is 20.6. The molecule has 1 unspecified atom stereocenters. The molecular formula is C23H20ClNO4. The van der Waals surface area contributed by atoms with Gasteiger partial charge < -0.3 is 14.8 Å². The van der Waals surface area contributed by atoms with Gasteiger partial charge in [0.15, 0.2) is 0 Å². The largest absolute Gasteiger partial charge is 0.495 e. The minimum atomic E-state index is -1.15. The van der Waals surface area contributed by atoms with Crippen molar-refractivity contribution in [2.24, 2.45) is 0 Å². The third-order valence-corrected chi connectivity index (χ3v) is 4.47. The molecule has 0 aliphatic rings. The van der Waals surface area contributed by atoms with E-state index >= 15 is 0 Å². The fraction of sp³-hybridized carbons (Fsp3) is 0.130. The van der Waals surface area contributed by atoms with Gasteiger partial charge in [0.2, 0.25) is 6.10 Å². The van der Waals surface area contributed by atoms with Crippen LogP contribution in [0.5, 0.6) is 5.75 Å². The number of anilines is 1. The Bertz CT molecular complexity index is 1020. The maximum atomic E-state index is 13.1. The monoisotopic (exact) mass is 409 g/mol. The number of benzene rings is 3. The summed E-state index contributed by atoms with van der Waals surface area (Å²) in [6.07, 6.45) is -1.15. The summed E-state index contributed by atoms with van der Waals surface area (Å²) in [7, 11) is 1.52. The van der Waals surface area contributed by atoms with Crippen LogP contribution in [-0.2, 0) is 9.53 Å². The molecule has 0 spiro atoms. The summed E-state index contributed by atoms with van der Waals surface area (Å²) in [5, 5.41) is 3.21. The van der Waals surface area contributed by atoms with E-state index in [2.05, 4.69) is 5.32 Å². The van der Waals surface area contributed by atoms with E-state index in [9.17, 15) is 9.59 Å². The molecule has 5 nitrogen and oxygen atoms in total. The second kappa shape index (κ2) is 9.26. The summed E-state index contributed by atoms with van der Waals surface area (Å²) in [4.78, 5) is 25.7. The van der Waals surface area contributed by atoms with Gasteiger partial charge in [-0.25, -0.2) is 4.79 Å². The van der Waals surface area contributed by atoms with Crippen molar-refractivity contribution in [3.05, 3.63) is 94.5 Å². The smallest absolute Gasteiger partial charge is 0.339 e. The van der Waals surface area contributed by atoms with Gasteiger partial charge in [0.1, 0.15) is 5.75 Å². The highest BCUT2D eigenvalue weighted by Gasteiger charge is 2.26. The molecule has 0 aliphatic carbocycles. The van der Waals surface area contributed by atoms with Gasteiger partial charge in [0.05, 0.1) is 18.4 Å². The molecule has 0 radical (unpaired) electrons. The molecule has 0 aliphatic heterocycles. The van der Waals surface area contributed by atoms with Crippen molar-refractivity contribution in [3.8, 4) is 5.75 Å². The van der Waals surface area contributed by atoms with Gasteiger partial charge in [-0.15, -0.1) is 0 Å². The molecule has 29 heavy (non-hydrogen) atoms. The molecule has 1 N–H and O–H groups in total. The summed E-state index contributed by atoms with van der Waals surface area (Å²) < 4.78 is 10.9. The zero-order chi connectivity index (χ0) is 20.8. The van der Waals surface area contributed by atoms with Crippen molar-refractivity contribution in [1.29, 1.82) is 0 Å². The minimum Gasteiger partial charge on any atom is -0.495 e. The summed E-state index contributed by atoms with van der Waals surface area (Å²) >= 11 is 5.96. The first kappa shape index (κ1) is 20.4. The van der Waals surface area contributed by atoms with E-state index in [0.717, 1.165) is 5.56 Å². The first-order valence-electron chi connectivity index (χ1n) is 8.95. The van der Waals surface area contributed by atoms with Crippen LogP contribution < -0.4 is 10.1 Å². The number of ether oxygens (including phenoxy) is 2. The average Bonchev–Trinajstić information content (AvgIpc) is 2.72. The molecular weight excluding hydrogens is 390 g/mol. The van der Waals surface area contributed by atoms with Crippen LogP contribution in [-0.4, -0.2) is 19.0 Å². The topological polar surface area (TPSA) is 64.6 Å². The lowest BCUT2D eigenvalue weighted by Crippen LogP contribution is -2.26. The van der Waals surface area contributed by atoms with Crippen molar-refractivity contribution in [2.75, 3.05) is 12.4 Å². The lowest BCUT2D eigenvalue weighted by Gasteiger charge is -2.19. The number of hydrogen-bond acceptors (Lipinski definition) is 4. The van der Waals surface area contributed by atoms with E-state index in [1.165, 1.54) is 13.2 Å². The van der Waals surface area contributed by atoms with Crippen LogP contribution in [0.2, 0.25) is 5.02 Å². The van der Waals surface area contributed by atoms with Crippen LogP contribution in [0.4, 0.5) is 5.69 Å². The first-order chi connectivity index (χ1) is 14.0. The Kier molecular flexibility index (Phi) is 6.52. The zero-order valence-electron chi connectivity index (χ0n) is 16.0. The van der Waals surface area contributed by atoms with Gasteiger partial charge >= 0.3 is 5.97 Å². The molecule has 0 saturated carbocycles. The minimum absolute atomic E-state index is 0.263. The molecule has 148 valence electrons. The summed E-state index contributed by atoms with van der Waals surface area (Å²) in [5.41, 5.74) is 2.26. The fourth-order valence-corrected chi connectivity index (χ4v) is 3.00. The standard InChI is InChI=1S/C23H20ClNO4/c1-15-11-12-20(28-2)19(13-15)25-22(26)21(16-7-4-3-5-8-16)29-23(27)17-9-6-10-18(24)14-17/h3-14,21H,1-2H3,(H,25,26). The van der Waals surface area contributed by atoms with Crippen LogP contribution in [0.15, 0.2) is 72.8 Å². The third kappa shape index (κ3) is 5.15. The number of amides is 1. The van der Waals surface area contributed by atoms with Crippen LogP contribution in [0.3, 0.4) is 0 Å². The van der Waals surface area contributed by atoms with E-state index < -0.39 is 18.0 Å². The zero-order valence-corrected chi connectivity index (χ0v) is 16.8. The molecule has 0 fully saturated rings. The lowest BCUT2D eigenvalue weighted by molar-refractivity contribution is -0.125. The van der Waals surface area contributed by atoms with Gasteiger partial charge in [-0.2, -0.15) is 0 Å². The molecule has 3 rings (SSSR count). The fourth-order valence-electron chi connectivity index (χ4n) is 2.81. The van der Waals surface area contributed by atoms with Gasteiger partial charge in [0.25, 0.3) is 5.91 Å². The Morgan fingerprint density at radius 1 is 0.966 bits per heavy atom. The number of methoxy groups -OCH3 is 1. The number of esters is 1. The Morgan fingerprint density at radius 3 is 2.41 bits per heavy atom. The van der Waals surface area contributed by atoms with Crippen LogP contribution in [0.1, 0.15) is 27.6 Å². The highest BCUT2D eigenvalue weighted by molar-refractivity contribution is 6.30. The Balaban J connectivity index is 1.89. The second-order valence-electron chi connectivity index (χ2n) is 6.40. The van der Waals surface area contributed by atoms with Crippen molar-refractivity contribution in [1.82, 2.24) is 0 Å². The van der Waals surface area contributed by atoms with Crippen molar-refractivity contribution < 1.29 is 19.1 Å². The first-order valence-corrected chi connectivity index (χ1v) is 9.32. The highest BCUT2D eigenvalue weighted by atomic mass is 35.5. The number of nitrogens with one attached hydrogen (secondary N) is 1. The Hall–Kier alpha value is -3.31. The van der Waals surface area contributed by atoms with Gasteiger partial charge in [-0.1, -0.05) is 54.1 Å². The number of carbonyl (C=O) groups excluding carboxylic acids is 2. The summed E-state index contributed by atoms with van der Waals surface area (Å²) in [6.45, 7) is 1.91. The van der Waals surface area contributed by atoms with Crippen LogP contribution in [0, 0.1) is 6.92 Å². The number of halogens is 1. The normalized spacial score (nSPS) is 11.4. The lowest BCUT2D eigenvalue weighted by atomic mass is 10.1. The maximum Gasteiger partial charge on any atom is 0.339 e. The van der Waals surface area contributed by atoms with E-state index in [4.69, 9.17) is 21.1 Å². The van der Waals surface area contributed by atoms with Gasteiger partial charge in [-0.05, 0) is 42.8 Å². The van der Waals surface area contributed by atoms with Gasteiger partial charge in [-0.3, -0.25) is 4.79 Å². The van der Waals surface area contributed by atoms with E-state index in [1.807, 2.05) is 19.1 Å². The Labute approximate surface area is 174 Å². The molecule has 0 saturated heterocycles. The molecule has 3 aromatic carbocycles.